The average Bonchev–Trinajstić information content (AvgIpc) is 3.41. The van der Waals surface area contributed by atoms with Gasteiger partial charge in [-0.15, -0.1) is 5.10 Å². The minimum Gasteiger partial charge on any atom is -0.378 e. The van der Waals surface area contributed by atoms with Crippen LogP contribution in [0.4, 0.5) is 5.69 Å². The predicted molar refractivity (Wildman–Crippen MR) is 123 cm³/mol. The number of benzene rings is 2. The first-order chi connectivity index (χ1) is 14.6. The van der Waals surface area contributed by atoms with Crippen molar-refractivity contribution in [1.29, 1.82) is 0 Å². The predicted octanol–water partition coefficient (Wildman–Crippen LogP) is 4.21. The Kier molecular flexibility index (Phi) is 5.81. The van der Waals surface area contributed by atoms with E-state index in [1.807, 2.05) is 39.3 Å². The molecule has 7 heteroatoms. The fraction of sp³-hybridized carbons (Fsp3) is 0.261. The van der Waals surface area contributed by atoms with Gasteiger partial charge < -0.3 is 15.2 Å². The summed E-state index contributed by atoms with van der Waals surface area (Å²) < 4.78 is 3.94. The van der Waals surface area contributed by atoms with Crippen molar-refractivity contribution in [3.63, 3.8) is 0 Å². The van der Waals surface area contributed by atoms with Gasteiger partial charge in [-0.05, 0) is 47.3 Å². The number of hydrogen-bond acceptors (Lipinski definition) is 5. The number of amides is 1. The molecule has 0 bridgehead atoms. The Balaban J connectivity index is 1.66. The molecule has 1 amide bonds. The van der Waals surface area contributed by atoms with E-state index in [0.29, 0.717) is 17.8 Å². The van der Waals surface area contributed by atoms with Gasteiger partial charge >= 0.3 is 0 Å². The molecule has 0 fully saturated rings. The normalized spacial score (nSPS) is 12.1. The highest BCUT2D eigenvalue weighted by Crippen LogP contribution is 2.31. The van der Waals surface area contributed by atoms with Gasteiger partial charge in [-0.2, -0.15) is 0 Å². The first-order valence-electron chi connectivity index (χ1n) is 10.0. The zero-order valence-electron chi connectivity index (χ0n) is 17.3. The molecule has 0 spiro atoms. The second-order valence-corrected chi connectivity index (χ2v) is 8.19. The van der Waals surface area contributed by atoms with Gasteiger partial charge in [0.05, 0.1) is 5.69 Å². The maximum absolute atomic E-state index is 12.8. The van der Waals surface area contributed by atoms with Crippen molar-refractivity contribution in [3.05, 3.63) is 76.4 Å². The van der Waals surface area contributed by atoms with Gasteiger partial charge in [-0.25, -0.2) is 0 Å². The molecule has 1 unspecified atom stereocenters. The Morgan fingerprint density at radius 3 is 2.67 bits per heavy atom. The second kappa shape index (κ2) is 8.67. The van der Waals surface area contributed by atoms with Crippen LogP contribution in [-0.4, -0.2) is 41.1 Å². The third-order valence-electron chi connectivity index (χ3n) is 5.37. The Labute approximate surface area is 180 Å². The van der Waals surface area contributed by atoms with Crippen molar-refractivity contribution >= 4 is 34.0 Å². The summed E-state index contributed by atoms with van der Waals surface area (Å²) in [6.07, 6.45) is 2.74. The maximum atomic E-state index is 12.8. The van der Waals surface area contributed by atoms with Crippen LogP contribution in [-0.2, 0) is 6.42 Å². The minimum absolute atomic E-state index is 0.0206. The summed E-state index contributed by atoms with van der Waals surface area (Å²) in [6, 6.07) is 16.8. The molecule has 0 aliphatic carbocycles. The zero-order valence-corrected chi connectivity index (χ0v) is 18.2. The first-order valence-corrected chi connectivity index (χ1v) is 10.8. The smallest absolute Gasteiger partial charge is 0.264 e. The van der Waals surface area contributed by atoms with E-state index in [-0.39, 0.29) is 11.8 Å². The number of fused-ring (bicyclic) bond motifs is 1. The molecule has 0 aliphatic rings. The van der Waals surface area contributed by atoms with E-state index in [2.05, 4.69) is 61.2 Å². The van der Waals surface area contributed by atoms with Crippen LogP contribution in [0.1, 0.15) is 39.3 Å². The monoisotopic (exact) mass is 419 g/mol. The van der Waals surface area contributed by atoms with Crippen LogP contribution in [0, 0.1) is 0 Å². The number of aryl methyl sites for hydroxylation is 1. The summed E-state index contributed by atoms with van der Waals surface area (Å²) in [4.78, 5) is 18.8. The number of aromatic amines is 1. The standard InChI is InChI=1S/C23H25N5OS/c1-4-20-22(30-27-26-20)23(29)25-13-18(15-9-11-16(12-10-15)28(2)3)19-14-24-21-8-6-5-7-17(19)21/h5-12,14,18,24H,4,13H2,1-3H3,(H,25,29). The van der Waals surface area contributed by atoms with E-state index in [9.17, 15) is 4.79 Å². The fourth-order valence-corrected chi connectivity index (χ4v) is 4.35. The minimum atomic E-state index is -0.114. The highest BCUT2D eigenvalue weighted by molar-refractivity contribution is 7.08. The lowest BCUT2D eigenvalue weighted by Crippen LogP contribution is -2.29. The molecule has 0 aliphatic heterocycles. The van der Waals surface area contributed by atoms with E-state index in [1.165, 1.54) is 10.9 Å². The van der Waals surface area contributed by atoms with Crippen LogP contribution in [0.2, 0.25) is 0 Å². The van der Waals surface area contributed by atoms with Crippen LogP contribution in [0.5, 0.6) is 0 Å². The van der Waals surface area contributed by atoms with Gasteiger partial charge in [0.2, 0.25) is 0 Å². The quantitative estimate of drug-likeness (QED) is 0.471. The van der Waals surface area contributed by atoms with Crippen molar-refractivity contribution < 1.29 is 4.79 Å². The summed E-state index contributed by atoms with van der Waals surface area (Å²) >= 11 is 1.15. The van der Waals surface area contributed by atoms with E-state index < -0.39 is 0 Å². The number of carbonyl (C=O) groups excluding carboxylic acids is 1. The lowest BCUT2D eigenvalue weighted by molar-refractivity contribution is 0.0955. The van der Waals surface area contributed by atoms with Crippen molar-refractivity contribution in [3.8, 4) is 0 Å². The number of nitrogens with one attached hydrogen (secondary N) is 2. The second-order valence-electron chi connectivity index (χ2n) is 7.44. The largest absolute Gasteiger partial charge is 0.378 e. The molecule has 30 heavy (non-hydrogen) atoms. The Bertz CT molecular complexity index is 1150. The number of carbonyl (C=O) groups is 1. The third-order valence-corrected chi connectivity index (χ3v) is 6.14. The molecule has 2 N–H and O–H groups in total. The molecule has 2 aromatic heterocycles. The van der Waals surface area contributed by atoms with Crippen LogP contribution >= 0.6 is 11.5 Å². The molecule has 154 valence electrons. The van der Waals surface area contributed by atoms with E-state index in [0.717, 1.165) is 34.0 Å². The molecule has 0 saturated heterocycles. The molecule has 2 aromatic carbocycles. The van der Waals surface area contributed by atoms with E-state index >= 15 is 0 Å². The lowest BCUT2D eigenvalue weighted by Gasteiger charge is -2.20. The van der Waals surface area contributed by atoms with Crippen molar-refractivity contribution in [2.45, 2.75) is 19.3 Å². The lowest BCUT2D eigenvalue weighted by atomic mass is 9.90. The van der Waals surface area contributed by atoms with Crippen LogP contribution in [0.15, 0.2) is 54.7 Å². The summed E-state index contributed by atoms with van der Waals surface area (Å²) in [7, 11) is 4.06. The zero-order chi connectivity index (χ0) is 21.1. The number of hydrogen-bond donors (Lipinski definition) is 2. The highest BCUT2D eigenvalue weighted by Gasteiger charge is 2.21. The van der Waals surface area contributed by atoms with Gasteiger partial charge in [0.25, 0.3) is 5.91 Å². The summed E-state index contributed by atoms with van der Waals surface area (Å²) in [5.41, 5.74) is 5.30. The van der Waals surface area contributed by atoms with E-state index in [1.54, 1.807) is 0 Å². The van der Waals surface area contributed by atoms with Crippen molar-refractivity contribution in [2.75, 3.05) is 25.5 Å². The van der Waals surface area contributed by atoms with Gasteiger partial charge in [0.15, 0.2) is 0 Å². The summed E-state index contributed by atoms with van der Waals surface area (Å²) in [5.74, 6) is -0.0936. The van der Waals surface area contributed by atoms with Crippen molar-refractivity contribution in [2.24, 2.45) is 0 Å². The SMILES string of the molecule is CCc1nnsc1C(=O)NCC(c1ccc(N(C)C)cc1)c1c[nH]c2ccccc12. The highest BCUT2D eigenvalue weighted by atomic mass is 32.1. The fourth-order valence-electron chi connectivity index (χ4n) is 3.68. The van der Waals surface area contributed by atoms with E-state index in [4.69, 9.17) is 0 Å². The van der Waals surface area contributed by atoms with Gasteiger partial charge in [0, 0.05) is 49.3 Å². The average molecular weight is 420 g/mol. The number of aromatic nitrogens is 3. The molecule has 4 aromatic rings. The first kappa shape index (κ1) is 20.1. The Morgan fingerprint density at radius 1 is 1.17 bits per heavy atom. The number of H-pyrrole nitrogens is 1. The molecule has 0 saturated carbocycles. The summed E-state index contributed by atoms with van der Waals surface area (Å²) in [5, 5.41) is 8.34. The number of rotatable bonds is 7. The number of nitrogens with zero attached hydrogens (tertiary/aromatic N) is 3. The Morgan fingerprint density at radius 2 is 1.93 bits per heavy atom. The maximum Gasteiger partial charge on any atom is 0.264 e. The van der Waals surface area contributed by atoms with Gasteiger partial charge in [-0.1, -0.05) is 41.7 Å². The molecule has 1 atom stereocenters. The van der Waals surface area contributed by atoms with Crippen LogP contribution in [0.3, 0.4) is 0 Å². The van der Waals surface area contributed by atoms with Gasteiger partial charge in [0.1, 0.15) is 4.88 Å². The van der Waals surface area contributed by atoms with Crippen LogP contribution in [0.25, 0.3) is 10.9 Å². The Hall–Kier alpha value is -3.19. The third kappa shape index (κ3) is 3.93. The summed E-state index contributed by atoms with van der Waals surface area (Å²) in [6.45, 7) is 2.47. The molecule has 4 rings (SSSR count). The van der Waals surface area contributed by atoms with Crippen LogP contribution < -0.4 is 10.2 Å². The molecular formula is C23H25N5OS. The number of para-hydroxylation sites is 1. The molecule has 2 heterocycles. The number of anilines is 1. The molecule has 6 nitrogen and oxygen atoms in total. The molecular weight excluding hydrogens is 394 g/mol. The molecule has 0 radical (unpaired) electrons. The van der Waals surface area contributed by atoms with Gasteiger partial charge in [-0.3, -0.25) is 4.79 Å². The topological polar surface area (TPSA) is 73.9 Å². The van der Waals surface area contributed by atoms with Crippen molar-refractivity contribution in [1.82, 2.24) is 19.9 Å².